The zero-order valence-electron chi connectivity index (χ0n) is 14.3. The SMILES string of the molecule is COc1ccc(/C=N/NC(=O)CNc2cccc(Cl)c2C)c(OC)c1. The molecule has 2 rings (SSSR count). The van der Waals surface area contributed by atoms with Crippen molar-refractivity contribution in [2.75, 3.05) is 26.1 Å². The van der Waals surface area contributed by atoms with Crippen LogP contribution in [0.1, 0.15) is 11.1 Å². The molecule has 0 aromatic heterocycles. The van der Waals surface area contributed by atoms with Gasteiger partial charge in [0.25, 0.3) is 5.91 Å². The quantitative estimate of drug-likeness (QED) is 0.586. The minimum absolute atomic E-state index is 0.0816. The van der Waals surface area contributed by atoms with Crippen molar-refractivity contribution in [3.05, 3.63) is 52.5 Å². The topological polar surface area (TPSA) is 72.0 Å². The summed E-state index contributed by atoms with van der Waals surface area (Å²) in [5, 5.41) is 7.62. The normalized spacial score (nSPS) is 10.6. The van der Waals surface area contributed by atoms with E-state index in [9.17, 15) is 4.79 Å². The van der Waals surface area contributed by atoms with E-state index in [4.69, 9.17) is 21.1 Å². The van der Waals surface area contributed by atoms with Crippen molar-refractivity contribution in [3.8, 4) is 11.5 Å². The molecule has 0 saturated carbocycles. The summed E-state index contributed by atoms with van der Waals surface area (Å²) in [6.07, 6.45) is 1.51. The van der Waals surface area contributed by atoms with Crippen LogP contribution in [0.5, 0.6) is 11.5 Å². The monoisotopic (exact) mass is 361 g/mol. The molecule has 2 aromatic rings. The van der Waals surface area contributed by atoms with E-state index in [2.05, 4.69) is 15.8 Å². The predicted octanol–water partition coefficient (Wildman–Crippen LogP) is 3.23. The molecule has 6 nitrogen and oxygen atoms in total. The molecule has 0 aliphatic rings. The second-order valence-electron chi connectivity index (χ2n) is 5.17. The number of benzene rings is 2. The lowest BCUT2D eigenvalue weighted by Crippen LogP contribution is -2.26. The molecule has 0 atom stereocenters. The summed E-state index contributed by atoms with van der Waals surface area (Å²) in [6.45, 7) is 1.97. The number of halogens is 1. The standard InChI is InChI=1S/C18H20ClN3O3/c1-12-15(19)5-4-6-16(12)20-11-18(23)22-21-10-13-7-8-14(24-2)9-17(13)25-3/h4-10,20H,11H2,1-3H3,(H,22,23)/b21-10+. The number of carbonyl (C=O) groups is 1. The van der Waals surface area contributed by atoms with Crippen molar-refractivity contribution in [3.63, 3.8) is 0 Å². The summed E-state index contributed by atoms with van der Waals surface area (Å²) in [5.41, 5.74) is 4.89. The molecule has 1 amide bonds. The average molecular weight is 362 g/mol. The summed E-state index contributed by atoms with van der Waals surface area (Å²) in [7, 11) is 3.14. The van der Waals surface area contributed by atoms with Crippen molar-refractivity contribution >= 4 is 29.4 Å². The Morgan fingerprint density at radius 3 is 2.76 bits per heavy atom. The van der Waals surface area contributed by atoms with Gasteiger partial charge in [0, 0.05) is 22.3 Å². The van der Waals surface area contributed by atoms with E-state index in [1.54, 1.807) is 38.5 Å². The third-order valence-corrected chi connectivity index (χ3v) is 3.95. The van der Waals surface area contributed by atoms with E-state index in [0.29, 0.717) is 16.5 Å². The Bertz CT molecular complexity index is 778. The van der Waals surface area contributed by atoms with Gasteiger partial charge in [0.2, 0.25) is 0 Å². The van der Waals surface area contributed by atoms with Crippen LogP contribution in [-0.4, -0.2) is 32.9 Å². The second-order valence-corrected chi connectivity index (χ2v) is 5.57. The molecule has 0 aliphatic carbocycles. The van der Waals surface area contributed by atoms with Gasteiger partial charge in [-0.3, -0.25) is 4.79 Å². The first-order valence-corrected chi connectivity index (χ1v) is 7.96. The minimum atomic E-state index is -0.275. The van der Waals surface area contributed by atoms with Gasteiger partial charge in [0.05, 0.1) is 27.0 Å². The fraction of sp³-hybridized carbons (Fsp3) is 0.222. The van der Waals surface area contributed by atoms with Gasteiger partial charge in [-0.1, -0.05) is 17.7 Å². The van der Waals surface area contributed by atoms with Crippen molar-refractivity contribution in [2.45, 2.75) is 6.92 Å². The smallest absolute Gasteiger partial charge is 0.259 e. The highest BCUT2D eigenvalue weighted by molar-refractivity contribution is 6.31. The molecule has 0 bridgehead atoms. The Kier molecular flexibility index (Phi) is 6.65. The maximum Gasteiger partial charge on any atom is 0.259 e. The van der Waals surface area contributed by atoms with Gasteiger partial charge in [-0.15, -0.1) is 0 Å². The largest absolute Gasteiger partial charge is 0.497 e. The summed E-state index contributed by atoms with van der Waals surface area (Å²) >= 11 is 6.05. The number of ether oxygens (including phenoxy) is 2. The lowest BCUT2D eigenvalue weighted by Gasteiger charge is -2.09. The molecule has 2 aromatic carbocycles. The molecule has 0 saturated heterocycles. The molecule has 25 heavy (non-hydrogen) atoms. The van der Waals surface area contributed by atoms with E-state index in [-0.39, 0.29) is 12.5 Å². The Morgan fingerprint density at radius 1 is 1.24 bits per heavy atom. The molecule has 7 heteroatoms. The van der Waals surface area contributed by atoms with Crippen molar-refractivity contribution in [1.82, 2.24) is 5.43 Å². The van der Waals surface area contributed by atoms with Gasteiger partial charge in [-0.05, 0) is 36.8 Å². The van der Waals surface area contributed by atoms with Crippen LogP contribution in [0.15, 0.2) is 41.5 Å². The number of amides is 1. The Labute approximate surface area is 151 Å². The molecule has 0 fully saturated rings. The van der Waals surface area contributed by atoms with Gasteiger partial charge in [0.15, 0.2) is 0 Å². The highest BCUT2D eigenvalue weighted by Crippen LogP contribution is 2.23. The second kappa shape index (κ2) is 8.94. The summed E-state index contributed by atoms with van der Waals surface area (Å²) in [6, 6.07) is 10.8. The number of hydrogen-bond acceptors (Lipinski definition) is 5. The first-order chi connectivity index (χ1) is 12.0. The summed E-state index contributed by atoms with van der Waals surface area (Å²) in [5.74, 6) is 1.01. The Hall–Kier alpha value is -2.73. The van der Waals surface area contributed by atoms with E-state index < -0.39 is 0 Å². The fourth-order valence-electron chi connectivity index (χ4n) is 2.11. The number of nitrogens with one attached hydrogen (secondary N) is 2. The molecule has 0 heterocycles. The van der Waals surface area contributed by atoms with Crippen molar-refractivity contribution in [2.24, 2.45) is 5.10 Å². The molecular formula is C18H20ClN3O3. The highest BCUT2D eigenvalue weighted by Gasteiger charge is 2.05. The highest BCUT2D eigenvalue weighted by atomic mass is 35.5. The molecular weight excluding hydrogens is 342 g/mol. The molecule has 0 radical (unpaired) electrons. The Balaban J connectivity index is 1.91. The van der Waals surface area contributed by atoms with Gasteiger partial charge in [0.1, 0.15) is 11.5 Å². The average Bonchev–Trinajstić information content (AvgIpc) is 2.63. The minimum Gasteiger partial charge on any atom is -0.497 e. The summed E-state index contributed by atoms with van der Waals surface area (Å²) < 4.78 is 10.4. The predicted molar refractivity (Wildman–Crippen MR) is 100.0 cm³/mol. The zero-order valence-corrected chi connectivity index (χ0v) is 15.1. The number of carbonyl (C=O) groups excluding carboxylic acids is 1. The molecule has 0 aliphatic heterocycles. The van der Waals surface area contributed by atoms with E-state index in [1.165, 1.54) is 6.21 Å². The van der Waals surface area contributed by atoms with Crippen LogP contribution in [0.25, 0.3) is 0 Å². The van der Waals surface area contributed by atoms with Crippen LogP contribution in [0.4, 0.5) is 5.69 Å². The van der Waals surface area contributed by atoms with Crippen LogP contribution in [0.2, 0.25) is 5.02 Å². The lowest BCUT2D eigenvalue weighted by molar-refractivity contribution is -0.119. The summed E-state index contributed by atoms with van der Waals surface area (Å²) in [4.78, 5) is 11.9. The molecule has 2 N–H and O–H groups in total. The van der Waals surface area contributed by atoms with Crippen molar-refractivity contribution in [1.29, 1.82) is 0 Å². The third-order valence-electron chi connectivity index (χ3n) is 3.54. The lowest BCUT2D eigenvalue weighted by atomic mass is 10.2. The number of nitrogens with zero attached hydrogens (tertiary/aromatic N) is 1. The zero-order chi connectivity index (χ0) is 18.2. The maximum absolute atomic E-state index is 11.9. The third kappa shape index (κ3) is 5.12. The fourth-order valence-corrected chi connectivity index (χ4v) is 2.29. The van der Waals surface area contributed by atoms with Gasteiger partial charge < -0.3 is 14.8 Å². The van der Waals surface area contributed by atoms with Crippen LogP contribution in [0.3, 0.4) is 0 Å². The maximum atomic E-state index is 11.9. The number of rotatable bonds is 7. The number of methoxy groups -OCH3 is 2. The van der Waals surface area contributed by atoms with E-state index in [0.717, 1.165) is 16.8 Å². The number of anilines is 1. The van der Waals surface area contributed by atoms with Crippen LogP contribution in [0, 0.1) is 6.92 Å². The van der Waals surface area contributed by atoms with E-state index in [1.807, 2.05) is 19.1 Å². The first kappa shape index (κ1) is 18.6. The molecule has 132 valence electrons. The number of hydrazone groups is 1. The molecule has 0 unspecified atom stereocenters. The van der Waals surface area contributed by atoms with Crippen molar-refractivity contribution < 1.29 is 14.3 Å². The van der Waals surface area contributed by atoms with Crippen LogP contribution >= 0.6 is 11.6 Å². The molecule has 0 spiro atoms. The van der Waals surface area contributed by atoms with Crippen LogP contribution in [-0.2, 0) is 4.79 Å². The van der Waals surface area contributed by atoms with Gasteiger partial charge in [-0.2, -0.15) is 5.10 Å². The van der Waals surface area contributed by atoms with E-state index >= 15 is 0 Å². The number of hydrogen-bond donors (Lipinski definition) is 2. The Morgan fingerprint density at radius 2 is 2.04 bits per heavy atom. The van der Waals surface area contributed by atoms with Gasteiger partial charge >= 0.3 is 0 Å². The van der Waals surface area contributed by atoms with Crippen LogP contribution < -0.4 is 20.2 Å². The van der Waals surface area contributed by atoms with Gasteiger partial charge in [-0.25, -0.2) is 5.43 Å². The first-order valence-electron chi connectivity index (χ1n) is 7.58.